The molecule has 0 amide bonds. The molecular weight excluding hydrogens is 292 g/mol. The minimum atomic E-state index is -3.47. The van der Waals surface area contributed by atoms with Crippen LogP contribution in [0.4, 0.5) is 0 Å². The largest absolute Gasteiger partial charge is 0.262 e. The average molecular weight is 303 g/mol. The molecule has 0 spiro atoms. The predicted molar refractivity (Wildman–Crippen MR) is 65.2 cm³/mol. The molecule has 4 nitrogen and oxygen atoms in total. The molecule has 0 unspecified atom stereocenters. The molecule has 1 aromatic rings. The zero-order chi connectivity index (χ0) is 12.0. The molecule has 0 atom stereocenters. The fraction of sp³-hybridized carbons (Fsp3) is 0.300. The van der Waals surface area contributed by atoms with E-state index in [9.17, 15) is 8.42 Å². The zero-order valence-electron chi connectivity index (χ0n) is 8.70. The normalized spacial score (nSPS) is 10.6. The molecule has 1 aromatic heterocycles. The van der Waals surface area contributed by atoms with Gasteiger partial charge in [-0.1, -0.05) is 0 Å². The van der Waals surface area contributed by atoms with Crippen LogP contribution >= 0.6 is 15.9 Å². The highest BCUT2D eigenvalue weighted by molar-refractivity contribution is 9.10. The van der Waals surface area contributed by atoms with Crippen LogP contribution in [0, 0.1) is 11.8 Å². The molecular formula is C10H11BrN2O2S. The van der Waals surface area contributed by atoms with E-state index >= 15 is 0 Å². The van der Waals surface area contributed by atoms with E-state index in [0.29, 0.717) is 17.4 Å². The molecule has 0 aliphatic carbocycles. The maximum atomic E-state index is 11.7. The van der Waals surface area contributed by atoms with Crippen molar-refractivity contribution in [2.75, 3.05) is 6.54 Å². The van der Waals surface area contributed by atoms with Crippen molar-refractivity contribution in [3.05, 3.63) is 22.9 Å². The van der Waals surface area contributed by atoms with Crippen LogP contribution in [0.15, 0.2) is 27.8 Å². The molecule has 0 bridgehead atoms. The van der Waals surface area contributed by atoms with Gasteiger partial charge in [-0.3, -0.25) is 4.98 Å². The Bertz CT molecular complexity index is 517. The van der Waals surface area contributed by atoms with Gasteiger partial charge in [0.2, 0.25) is 10.0 Å². The summed E-state index contributed by atoms with van der Waals surface area (Å²) in [6.07, 6.45) is 3.33. The number of pyridine rings is 1. The van der Waals surface area contributed by atoms with Gasteiger partial charge in [0, 0.05) is 29.8 Å². The van der Waals surface area contributed by atoms with Crippen LogP contribution in [0.3, 0.4) is 0 Å². The number of hydrogen-bond donors (Lipinski definition) is 1. The van der Waals surface area contributed by atoms with E-state index in [0.717, 1.165) is 0 Å². The zero-order valence-corrected chi connectivity index (χ0v) is 11.1. The number of sulfonamides is 1. The third-order valence-electron chi connectivity index (χ3n) is 1.71. The molecule has 0 radical (unpaired) electrons. The van der Waals surface area contributed by atoms with E-state index in [4.69, 9.17) is 0 Å². The number of aromatic nitrogens is 1. The maximum absolute atomic E-state index is 11.7. The fourth-order valence-corrected chi connectivity index (χ4v) is 2.53. The van der Waals surface area contributed by atoms with E-state index < -0.39 is 10.0 Å². The summed E-state index contributed by atoms with van der Waals surface area (Å²) in [5.41, 5.74) is 0. The molecule has 0 fully saturated rings. The van der Waals surface area contributed by atoms with Gasteiger partial charge >= 0.3 is 0 Å². The smallest absolute Gasteiger partial charge is 0.242 e. The molecule has 0 aliphatic rings. The van der Waals surface area contributed by atoms with Gasteiger partial charge in [0.15, 0.2) is 0 Å². The van der Waals surface area contributed by atoms with Crippen LogP contribution in [0.1, 0.15) is 13.3 Å². The Morgan fingerprint density at radius 3 is 2.88 bits per heavy atom. The van der Waals surface area contributed by atoms with E-state index in [2.05, 4.69) is 37.5 Å². The summed E-state index contributed by atoms with van der Waals surface area (Å²) < 4.78 is 26.5. The lowest BCUT2D eigenvalue weighted by Gasteiger charge is -2.04. The van der Waals surface area contributed by atoms with Gasteiger partial charge in [-0.25, -0.2) is 13.1 Å². The predicted octanol–water partition coefficient (Wildman–Crippen LogP) is 1.54. The van der Waals surface area contributed by atoms with Crippen molar-refractivity contribution >= 4 is 26.0 Å². The second-order valence-corrected chi connectivity index (χ2v) is 5.60. The van der Waals surface area contributed by atoms with Crippen LogP contribution in [0.2, 0.25) is 0 Å². The van der Waals surface area contributed by atoms with Gasteiger partial charge in [0.1, 0.15) is 4.90 Å². The second-order valence-electron chi connectivity index (χ2n) is 2.91. The van der Waals surface area contributed by atoms with Crippen molar-refractivity contribution in [2.24, 2.45) is 0 Å². The minimum absolute atomic E-state index is 0.145. The first-order chi connectivity index (χ1) is 7.56. The number of nitrogens with one attached hydrogen (secondary N) is 1. The molecule has 86 valence electrons. The monoisotopic (exact) mass is 302 g/mol. The molecule has 0 aliphatic heterocycles. The highest BCUT2D eigenvalue weighted by atomic mass is 79.9. The SMILES string of the molecule is CC#CCCNS(=O)(=O)c1cncc(Br)c1. The Kier molecular flexibility index (Phi) is 4.93. The molecule has 0 aromatic carbocycles. The molecule has 16 heavy (non-hydrogen) atoms. The minimum Gasteiger partial charge on any atom is -0.262 e. The van der Waals surface area contributed by atoms with Crippen LogP contribution in [0.5, 0.6) is 0 Å². The van der Waals surface area contributed by atoms with Crippen LogP contribution in [-0.2, 0) is 10.0 Å². The van der Waals surface area contributed by atoms with Crippen molar-refractivity contribution < 1.29 is 8.42 Å². The summed E-state index contributed by atoms with van der Waals surface area (Å²) in [5.74, 6) is 5.48. The average Bonchev–Trinajstić information content (AvgIpc) is 2.24. The number of rotatable bonds is 4. The van der Waals surface area contributed by atoms with E-state index in [1.807, 2.05) is 0 Å². The molecule has 1 N–H and O–H groups in total. The lowest BCUT2D eigenvalue weighted by molar-refractivity contribution is 0.582. The topological polar surface area (TPSA) is 59.1 Å². The highest BCUT2D eigenvalue weighted by Crippen LogP contribution is 2.13. The van der Waals surface area contributed by atoms with Crippen LogP contribution < -0.4 is 4.72 Å². The highest BCUT2D eigenvalue weighted by Gasteiger charge is 2.13. The van der Waals surface area contributed by atoms with Gasteiger partial charge in [-0.05, 0) is 28.9 Å². The summed E-state index contributed by atoms with van der Waals surface area (Å²) in [4.78, 5) is 3.95. The Hall–Kier alpha value is -0.900. The van der Waals surface area contributed by atoms with Crippen molar-refractivity contribution in [3.8, 4) is 11.8 Å². The van der Waals surface area contributed by atoms with Crippen molar-refractivity contribution in [3.63, 3.8) is 0 Å². The first kappa shape index (κ1) is 13.2. The maximum Gasteiger partial charge on any atom is 0.242 e. The lowest BCUT2D eigenvalue weighted by Crippen LogP contribution is -2.24. The van der Waals surface area contributed by atoms with Crippen LogP contribution in [0.25, 0.3) is 0 Å². The number of nitrogens with zero attached hydrogens (tertiary/aromatic N) is 1. The van der Waals surface area contributed by atoms with E-state index in [-0.39, 0.29) is 4.90 Å². The first-order valence-corrected chi connectivity index (χ1v) is 6.83. The van der Waals surface area contributed by atoms with Crippen molar-refractivity contribution in [2.45, 2.75) is 18.2 Å². The standard InChI is InChI=1S/C10H11BrN2O2S/c1-2-3-4-5-13-16(14,15)10-6-9(11)7-12-8-10/h6-8,13H,4-5H2,1H3. The van der Waals surface area contributed by atoms with Crippen LogP contribution in [-0.4, -0.2) is 19.9 Å². The Morgan fingerprint density at radius 2 is 2.25 bits per heavy atom. The quantitative estimate of drug-likeness (QED) is 0.678. The van der Waals surface area contributed by atoms with Crippen molar-refractivity contribution in [1.82, 2.24) is 9.71 Å². The molecule has 1 heterocycles. The number of hydrogen-bond acceptors (Lipinski definition) is 3. The summed E-state index contributed by atoms with van der Waals surface area (Å²) in [6, 6.07) is 1.50. The van der Waals surface area contributed by atoms with Gasteiger partial charge in [-0.15, -0.1) is 11.8 Å². The fourth-order valence-electron chi connectivity index (χ4n) is 0.996. The van der Waals surface area contributed by atoms with E-state index in [1.165, 1.54) is 18.5 Å². The number of halogens is 1. The molecule has 0 saturated heterocycles. The Labute approximate surface area is 104 Å². The van der Waals surface area contributed by atoms with Gasteiger partial charge in [0.25, 0.3) is 0 Å². The second kappa shape index (κ2) is 5.99. The van der Waals surface area contributed by atoms with Gasteiger partial charge < -0.3 is 0 Å². The van der Waals surface area contributed by atoms with Gasteiger partial charge in [0.05, 0.1) is 0 Å². The summed E-state index contributed by atoms with van der Waals surface area (Å²) in [6.45, 7) is 2.02. The third kappa shape index (κ3) is 3.93. The Morgan fingerprint density at radius 1 is 1.50 bits per heavy atom. The Balaban J connectivity index is 2.73. The molecule has 0 saturated carbocycles. The first-order valence-electron chi connectivity index (χ1n) is 4.56. The van der Waals surface area contributed by atoms with Crippen molar-refractivity contribution in [1.29, 1.82) is 0 Å². The third-order valence-corrected chi connectivity index (χ3v) is 3.57. The summed E-state index contributed by atoms with van der Waals surface area (Å²) in [5, 5.41) is 0. The van der Waals surface area contributed by atoms with E-state index in [1.54, 1.807) is 6.92 Å². The van der Waals surface area contributed by atoms with Gasteiger partial charge in [-0.2, -0.15) is 0 Å². The summed E-state index contributed by atoms with van der Waals surface area (Å²) >= 11 is 3.17. The molecule has 1 rings (SSSR count). The molecule has 6 heteroatoms. The summed E-state index contributed by atoms with van der Waals surface area (Å²) in [7, 11) is -3.47. The lowest BCUT2D eigenvalue weighted by atomic mass is 10.4.